The first kappa shape index (κ1) is 14.0. The molecule has 0 aliphatic heterocycles. The molecular formula is C12H11ClN4O3. The van der Waals surface area contributed by atoms with Crippen molar-refractivity contribution < 1.29 is 14.7 Å². The van der Waals surface area contributed by atoms with Gasteiger partial charge in [-0.25, -0.2) is 14.8 Å². The third-order valence-electron chi connectivity index (χ3n) is 2.53. The molecule has 0 unspecified atom stereocenters. The van der Waals surface area contributed by atoms with Gasteiger partial charge in [0.1, 0.15) is 16.9 Å². The van der Waals surface area contributed by atoms with E-state index in [0.717, 1.165) is 0 Å². The van der Waals surface area contributed by atoms with E-state index in [0.29, 0.717) is 5.69 Å². The summed E-state index contributed by atoms with van der Waals surface area (Å²) in [6, 6.07) is 3.46. The van der Waals surface area contributed by atoms with E-state index in [4.69, 9.17) is 16.7 Å². The van der Waals surface area contributed by atoms with Gasteiger partial charge < -0.3 is 15.4 Å². The van der Waals surface area contributed by atoms with E-state index in [1.807, 2.05) is 0 Å². The lowest BCUT2D eigenvalue weighted by atomic mass is 10.1. The Hall–Kier alpha value is -2.41. The van der Waals surface area contributed by atoms with E-state index in [1.165, 1.54) is 24.7 Å². The summed E-state index contributed by atoms with van der Waals surface area (Å²) in [6.07, 6.45) is 3.04. The third-order valence-corrected chi connectivity index (χ3v) is 2.74. The van der Waals surface area contributed by atoms with Crippen molar-refractivity contribution in [1.29, 1.82) is 0 Å². The molecule has 0 bridgehead atoms. The number of imidazole rings is 1. The molecule has 0 fully saturated rings. The predicted molar refractivity (Wildman–Crippen MR) is 70.4 cm³/mol. The van der Waals surface area contributed by atoms with Gasteiger partial charge in [-0.3, -0.25) is 4.79 Å². The molecule has 0 radical (unpaired) electrons. The van der Waals surface area contributed by atoms with Crippen molar-refractivity contribution in [3.8, 4) is 0 Å². The first-order valence-electron chi connectivity index (χ1n) is 5.69. The molecule has 2 aromatic heterocycles. The minimum Gasteiger partial charge on any atom is -0.480 e. The lowest BCUT2D eigenvalue weighted by Gasteiger charge is -2.13. The summed E-state index contributed by atoms with van der Waals surface area (Å²) in [7, 11) is 0. The summed E-state index contributed by atoms with van der Waals surface area (Å²) in [5, 5.41) is 11.7. The number of carbonyl (C=O) groups excluding carboxylic acids is 1. The number of halogens is 1. The monoisotopic (exact) mass is 294 g/mol. The molecule has 1 amide bonds. The fourth-order valence-corrected chi connectivity index (χ4v) is 1.75. The molecule has 0 aliphatic carbocycles. The molecule has 7 nitrogen and oxygen atoms in total. The van der Waals surface area contributed by atoms with E-state index < -0.39 is 17.9 Å². The van der Waals surface area contributed by atoms with Gasteiger partial charge in [0.2, 0.25) is 0 Å². The van der Waals surface area contributed by atoms with Crippen LogP contribution in [-0.4, -0.2) is 38.0 Å². The summed E-state index contributed by atoms with van der Waals surface area (Å²) >= 11 is 5.68. The topological polar surface area (TPSA) is 108 Å². The Balaban J connectivity index is 2.08. The molecular weight excluding hydrogens is 284 g/mol. The lowest BCUT2D eigenvalue weighted by molar-refractivity contribution is -0.139. The molecule has 0 spiro atoms. The molecule has 0 aliphatic rings. The summed E-state index contributed by atoms with van der Waals surface area (Å²) < 4.78 is 0. The van der Waals surface area contributed by atoms with Gasteiger partial charge in [-0.05, 0) is 12.1 Å². The Bertz CT molecular complexity index is 615. The van der Waals surface area contributed by atoms with E-state index in [-0.39, 0.29) is 17.3 Å². The maximum atomic E-state index is 11.9. The molecule has 2 rings (SSSR count). The van der Waals surface area contributed by atoms with Crippen molar-refractivity contribution in [2.75, 3.05) is 0 Å². The van der Waals surface area contributed by atoms with Crippen molar-refractivity contribution in [2.24, 2.45) is 0 Å². The summed E-state index contributed by atoms with van der Waals surface area (Å²) in [4.78, 5) is 33.5. The summed E-state index contributed by atoms with van der Waals surface area (Å²) in [5.41, 5.74) is 0.671. The number of H-pyrrole nitrogens is 1. The largest absolute Gasteiger partial charge is 0.480 e. The quantitative estimate of drug-likeness (QED) is 0.710. The van der Waals surface area contributed by atoms with Gasteiger partial charge in [0.05, 0.1) is 6.33 Å². The molecule has 0 saturated heterocycles. The van der Waals surface area contributed by atoms with Crippen LogP contribution in [0.25, 0.3) is 0 Å². The van der Waals surface area contributed by atoms with Gasteiger partial charge in [-0.1, -0.05) is 17.7 Å². The third kappa shape index (κ3) is 3.55. The highest BCUT2D eigenvalue weighted by atomic mass is 35.5. The number of carboxylic acid groups (broad SMARTS) is 1. The van der Waals surface area contributed by atoms with Gasteiger partial charge >= 0.3 is 5.97 Å². The zero-order chi connectivity index (χ0) is 14.5. The van der Waals surface area contributed by atoms with Crippen LogP contribution in [-0.2, 0) is 11.2 Å². The minimum atomic E-state index is -1.14. The second-order valence-electron chi connectivity index (χ2n) is 3.99. The highest BCUT2D eigenvalue weighted by molar-refractivity contribution is 6.29. The van der Waals surface area contributed by atoms with Crippen LogP contribution >= 0.6 is 11.6 Å². The number of nitrogens with one attached hydrogen (secondary N) is 2. The maximum Gasteiger partial charge on any atom is 0.326 e. The van der Waals surface area contributed by atoms with Gasteiger partial charge in [0.15, 0.2) is 0 Å². The molecule has 0 saturated carbocycles. The minimum absolute atomic E-state index is 0.0633. The summed E-state index contributed by atoms with van der Waals surface area (Å²) in [6.45, 7) is 0. The molecule has 20 heavy (non-hydrogen) atoms. The van der Waals surface area contributed by atoms with Crippen molar-refractivity contribution in [2.45, 2.75) is 12.5 Å². The van der Waals surface area contributed by atoms with E-state index >= 15 is 0 Å². The fraction of sp³-hybridized carbons (Fsp3) is 0.167. The number of aliphatic carboxylic acids is 1. The number of hydrogen-bond acceptors (Lipinski definition) is 4. The average Bonchev–Trinajstić information content (AvgIpc) is 2.90. The number of carboxylic acids is 1. The average molecular weight is 295 g/mol. The smallest absolute Gasteiger partial charge is 0.326 e. The highest BCUT2D eigenvalue weighted by Gasteiger charge is 2.22. The molecule has 0 aromatic carbocycles. The SMILES string of the molecule is O=C(N[C@H](Cc1cnc[nH]1)C(=O)O)c1cccc(Cl)n1. The van der Waals surface area contributed by atoms with E-state index in [1.54, 1.807) is 6.07 Å². The van der Waals surface area contributed by atoms with Crippen LogP contribution in [0.3, 0.4) is 0 Å². The number of aromatic amines is 1. The van der Waals surface area contributed by atoms with Crippen LogP contribution in [0.1, 0.15) is 16.2 Å². The zero-order valence-corrected chi connectivity index (χ0v) is 11.0. The zero-order valence-electron chi connectivity index (χ0n) is 10.2. The Kier molecular flexibility index (Phi) is 4.31. The van der Waals surface area contributed by atoms with Gasteiger partial charge in [-0.2, -0.15) is 0 Å². The first-order valence-corrected chi connectivity index (χ1v) is 6.07. The van der Waals surface area contributed by atoms with Crippen LogP contribution in [0.2, 0.25) is 5.15 Å². The molecule has 2 aromatic rings. The maximum absolute atomic E-state index is 11.9. The standard InChI is InChI=1S/C12H11ClN4O3/c13-10-3-1-2-8(16-10)11(18)17-9(12(19)20)4-7-5-14-6-15-7/h1-3,5-6,9H,4H2,(H,14,15)(H,17,18)(H,19,20)/t9-/m1/s1. The number of rotatable bonds is 5. The highest BCUT2D eigenvalue weighted by Crippen LogP contribution is 2.06. The molecule has 8 heteroatoms. The van der Waals surface area contributed by atoms with Crippen LogP contribution in [0, 0.1) is 0 Å². The molecule has 3 N–H and O–H groups in total. The van der Waals surface area contributed by atoms with Crippen LogP contribution in [0.4, 0.5) is 0 Å². The van der Waals surface area contributed by atoms with Crippen molar-refractivity contribution >= 4 is 23.5 Å². The summed E-state index contributed by atoms with van der Waals surface area (Å²) in [5.74, 6) is -1.74. The molecule has 1 atom stereocenters. The van der Waals surface area contributed by atoms with Crippen LogP contribution in [0.5, 0.6) is 0 Å². The lowest BCUT2D eigenvalue weighted by Crippen LogP contribution is -2.42. The van der Waals surface area contributed by atoms with E-state index in [9.17, 15) is 9.59 Å². The molecule has 104 valence electrons. The molecule has 2 heterocycles. The number of pyridine rings is 1. The van der Waals surface area contributed by atoms with Crippen LogP contribution in [0.15, 0.2) is 30.7 Å². The number of hydrogen-bond donors (Lipinski definition) is 3. The van der Waals surface area contributed by atoms with Gasteiger partial charge in [0, 0.05) is 18.3 Å². The van der Waals surface area contributed by atoms with Gasteiger partial charge in [0.25, 0.3) is 5.91 Å². The fourth-order valence-electron chi connectivity index (χ4n) is 1.58. The predicted octanol–water partition coefficient (Wildman–Crippen LogP) is 0.884. The Morgan fingerprint density at radius 2 is 2.25 bits per heavy atom. The van der Waals surface area contributed by atoms with E-state index in [2.05, 4.69) is 20.3 Å². The van der Waals surface area contributed by atoms with Crippen molar-refractivity contribution in [3.05, 3.63) is 47.3 Å². The Morgan fingerprint density at radius 1 is 1.45 bits per heavy atom. The number of nitrogens with zero attached hydrogens (tertiary/aromatic N) is 2. The normalized spacial score (nSPS) is 11.8. The van der Waals surface area contributed by atoms with Gasteiger partial charge in [-0.15, -0.1) is 0 Å². The number of amides is 1. The second-order valence-corrected chi connectivity index (χ2v) is 4.38. The first-order chi connectivity index (χ1) is 9.56. The second kappa shape index (κ2) is 6.16. The van der Waals surface area contributed by atoms with Crippen LogP contribution < -0.4 is 5.32 Å². The number of carbonyl (C=O) groups is 2. The number of aromatic nitrogens is 3. The van der Waals surface area contributed by atoms with Crippen molar-refractivity contribution in [1.82, 2.24) is 20.3 Å². The van der Waals surface area contributed by atoms with Crippen molar-refractivity contribution in [3.63, 3.8) is 0 Å². The Morgan fingerprint density at radius 3 is 2.85 bits per heavy atom. The Labute approximate surface area is 119 Å².